The first-order valence-electron chi connectivity index (χ1n) is 6.66. The lowest BCUT2D eigenvalue weighted by molar-refractivity contribution is -0.0290. The Kier molecular flexibility index (Phi) is 5.63. The molecule has 0 saturated carbocycles. The molecule has 0 fully saturated rings. The Labute approximate surface area is 111 Å². The minimum absolute atomic E-state index is 0.288. The summed E-state index contributed by atoms with van der Waals surface area (Å²) in [6.45, 7) is 10.1. The minimum Gasteiger partial charge on any atom is -0.385 e. The number of ether oxygens (including phenoxy) is 1. The maximum atomic E-state index is 6.05. The van der Waals surface area contributed by atoms with Crippen LogP contribution in [-0.2, 0) is 10.3 Å². The molecule has 0 aliphatic heterocycles. The highest BCUT2D eigenvalue weighted by atomic mass is 16.5. The van der Waals surface area contributed by atoms with Crippen LogP contribution in [-0.4, -0.2) is 26.2 Å². The van der Waals surface area contributed by atoms with E-state index in [1.807, 2.05) is 13.1 Å². The predicted molar refractivity (Wildman–Crippen MR) is 78.1 cm³/mol. The molecule has 3 nitrogen and oxygen atoms in total. The van der Waals surface area contributed by atoms with E-state index in [4.69, 9.17) is 4.74 Å². The van der Waals surface area contributed by atoms with Gasteiger partial charge in [-0.2, -0.15) is 0 Å². The average molecular weight is 250 g/mol. The summed E-state index contributed by atoms with van der Waals surface area (Å²) in [6, 6.07) is 8.69. The maximum Gasteiger partial charge on any atom is 0.0895 e. The lowest BCUT2D eigenvalue weighted by Crippen LogP contribution is -2.32. The second-order valence-corrected chi connectivity index (χ2v) is 5.09. The van der Waals surface area contributed by atoms with Crippen LogP contribution in [0.1, 0.15) is 33.3 Å². The molecule has 0 amide bonds. The molecule has 1 atom stereocenters. The summed E-state index contributed by atoms with van der Waals surface area (Å²) < 4.78 is 6.05. The zero-order valence-electron chi connectivity index (χ0n) is 12.2. The number of benzene rings is 1. The van der Waals surface area contributed by atoms with Crippen molar-refractivity contribution >= 4 is 5.69 Å². The van der Waals surface area contributed by atoms with Crippen LogP contribution in [0, 0.1) is 0 Å². The van der Waals surface area contributed by atoms with Crippen LogP contribution < -0.4 is 10.6 Å². The van der Waals surface area contributed by atoms with Gasteiger partial charge in [-0.15, -0.1) is 0 Å². The molecule has 3 heteroatoms. The third kappa shape index (κ3) is 4.00. The van der Waals surface area contributed by atoms with E-state index < -0.39 is 0 Å². The van der Waals surface area contributed by atoms with E-state index in [-0.39, 0.29) is 5.60 Å². The predicted octanol–water partition coefficient (Wildman–Crippen LogP) is 2.98. The van der Waals surface area contributed by atoms with Gasteiger partial charge in [0.1, 0.15) is 0 Å². The Morgan fingerprint density at radius 2 is 1.94 bits per heavy atom. The molecule has 0 spiro atoms. The van der Waals surface area contributed by atoms with E-state index >= 15 is 0 Å². The van der Waals surface area contributed by atoms with Crippen LogP contribution in [0.2, 0.25) is 0 Å². The molecule has 0 heterocycles. The van der Waals surface area contributed by atoms with E-state index in [0.717, 1.165) is 12.2 Å². The van der Waals surface area contributed by atoms with Crippen molar-refractivity contribution in [2.45, 2.75) is 39.3 Å². The summed E-state index contributed by atoms with van der Waals surface area (Å²) in [5.41, 5.74) is 2.07. The van der Waals surface area contributed by atoms with Crippen LogP contribution in [0.3, 0.4) is 0 Å². The van der Waals surface area contributed by atoms with Gasteiger partial charge in [0.25, 0.3) is 0 Å². The first-order valence-corrected chi connectivity index (χ1v) is 6.66. The molecular formula is C15H26N2O. The Morgan fingerprint density at radius 1 is 1.28 bits per heavy atom. The SMILES string of the molecule is CCNc1ccccc1C(C)(C)OCC(C)NC. The van der Waals surface area contributed by atoms with E-state index in [9.17, 15) is 0 Å². The van der Waals surface area contributed by atoms with Crippen LogP contribution in [0.5, 0.6) is 0 Å². The third-order valence-corrected chi connectivity index (χ3v) is 3.13. The lowest BCUT2D eigenvalue weighted by atomic mass is 9.96. The number of hydrogen-bond acceptors (Lipinski definition) is 3. The van der Waals surface area contributed by atoms with Crippen molar-refractivity contribution < 1.29 is 4.74 Å². The zero-order valence-corrected chi connectivity index (χ0v) is 12.2. The highest BCUT2D eigenvalue weighted by Gasteiger charge is 2.24. The molecule has 102 valence electrons. The van der Waals surface area contributed by atoms with E-state index in [1.165, 1.54) is 5.56 Å². The molecule has 0 aromatic heterocycles. The molecule has 2 N–H and O–H groups in total. The first kappa shape index (κ1) is 15.0. The molecule has 0 aliphatic carbocycles. The Hall–Kier alpha value is -1.06. The van der Waals surface area contributed by atoms with Gasteiger partial charge in [0, 0.05) is 23.8 Å². The van der Waals surface area contributed by atoms with Gasteiger partial charge in [0.15, 0.2) is 0 Å². The molecule has 0 radical (unpaired) electrons. The van der Waals surface area contributed by atoms with Gasteiger partial charge in [0.2, 0.25) is 0 Å². The van der Waals surface area contributed by atoms with Crippen molar-refractivity contribution in [1.82, 2.24) is 5.32 Å². The second-order valence-electron chi connectivity index (χ2n) is 5.09. The van der Waals surface area contributed by atoms with Gasteiger partial charge in [-0.25, -0.2) is 0 Å². The first-order chi connectivity index (χ1) is 8.51. The van der Waals surface area contributed by atoms with Crippen LogP contribution in [0.4, 0.5) is 5.69 Å². The summed E-state index contributed by atoms with van der Waals surface area (Å²) in [7, 11) is 1.95. The fourth-order valence-electron chi connectivity index (χ4n) is 1.85. The maximum absolute atomic E-state index is 6.05. The standard InChI is InChI=1S/C15H26N2O/c1-6-17-14-10-8-7-9-13(14)15(3,4)18-11-12(2)16-5/h7-10,12,16-17H,6,11H2,1-5H3. The van der Waals surface area contributed by atoms with Gasteiger partial charge in [0.05, 0.1) is 12.2 Å². The van der Waals surface area contributed by atoms with Gasteiger partial charge in [-0.05, 0) is 40.8 Å². The molecular weight excluding hydrogens is 224 g/mol. The Bertz CT molecular complexity index is 363. The number of anilines is 1. The van der Waals surface area contributed by atoms with Gasteiger partial charge >= 0.3 is 0 Å². The summed E-state index contributed by atoms with van der Waals surface area (Å²) in [6.07, 6.45) is 0. The molecule has 0 aliphatic rings. The van der Waals surface area contributed by atoms with Crippen molar-refractivity contribution in [3.05, 3.63) is 29.8 Å². The number of likely N-dealkylation sites (N-methyl/N-ethyl adjacent to an activating group) is 1. The van der Waals surface area contributed by atoms with Crippen LogP contribution in [0.15, 0.2) is 24.3 Å². The minimum atomic E-state index is -0.288. The summed E-state index contributed by atoms with van der Waals surface area (Å²) in [5, 5.41) is 6.58. The van der Waals surface area contributed by atoms with Crippen molar-refractivity contribution in [3.8, 4) is 0 Å². The van der Waals surface area contributed by atoms with Crippen molar-refractivity contribution in [3.63, 3.8) is 0 Å². The van der Waals surface area contributed by atoms with Gasteiger partial charge in [-0.3, -0.25) is 0 Å². The normalized spacial score (nSPS) is 13.4. The van der Waals surface area contributed by atoms with Gasteiger partial charge in [-0.1, -0.05) is 18.2 Å². The molecule has 18 heavy (non-hydrogen) atoms. The second kappa shape index (κ2) is 6.76. The summed E-state index contributed by atoms with van der Waals surface area (Å²) in [5.74, 6) is 0. The molecule has 0 saturated heterocycles. The number of para-hydroxylation sites is 1. The van der Waals surface area contributed by atoms with Crippen LogP contribution in [0.25, 0.3) is 0 Å². The van der Waals surface area contributed by atoms with Gasteiger partial charge < -0.3 is 15.4 Å². The molecule has 1 rings (SSSR count). The smallest absolute Gasteiger partial charge is 0.0895 e. The molecule has 0 bridgehead atoms. The summed E-state index contributed by atoms with van der Waals surface area (Å²) >= 11 is 0. The number of nitrogens with one attached hydrogen (secondary N) is 2. The highest BCUT2D eigenvalue weighted by Crippen LogP contribution is 2.31. The Balaban J connectivity index is 2.82. The monoisotopic (exact) mass is 250 g/mol. The zero-order chi connectivity index (χ0) is 13.6. The lowest BCUT2D eigenvalue weighted by Gasteiger charge is -2.29. The van der Waals surface area contributed by atoms with E-state index in [2.05, 4.69) is 56.5 Å². The molecule has 1 aromatic carbocycles. The average Bonchev–Trinajstić information content (AvgIpc) is 2.37. The largest absolute Gasteiger partial charge is 0.385 e. The van der Waals surface area contributed by atoms with E-state index in [1.54, 1.807) is 0 Å². The fraction of sp³-hybridized carbons (Fsp3) is 0.600. The fourth-order valence-corrected chi connectivity index (χ4v) is 1.85. The molecule has 1 unspecified atom stereocenters. The molecule has 1 aromatic rings. The third-order valence-electron chi connectivity index (χ3n) is 3.13. The van der Waals surface area contributed by atoms with Crippen LogP contribution >= 0.6 is 0 Å². The van der Waals surface area contributed by atoms with Crippen molar-refractivity contribution in [1.29, 1.82) is 0 Å². The number of hydrogen-bond donors (Lipinski definition) is 2. The number of rotatable bonds is 7. The topological polar surface area (TPSA) is 33.3 Å². The summed E-state index contributed by atoms with van der Waals surface area (Å²) in [4.78, 5) is 0. The quantitative estimate of drug-likeness (QED) is 0.780. The van der Waals surface area contributed by atoms with E-state index in [0.29, 0.717) is 12.6 Å². The van der Waals surface area contributed by atoms with Crippen molar-refractivity contribution in [2.75, 3.05) is 25.5 Å². The van der Waals surface area contributed by atoms with Crippen molar-refractivity contribution in [2.24, 2.45) is 0 Å². The Morgan fingerprint density at radius 3 is 2.56 bits per heavy atom. The highest BCUT2D eigenvalue weighted by molar-refractivity contribution is 5.53.